The van der Waals surface area contributed by atoms with Crippen LogP contribution in [0.1, 0.15) is 17.0 Å². The third-order valence-corrected chi connectivity index (χ3v) is 2.45. The first kappa shape index (κ1) is 10.2. The molecule has 3 nitrogen and oxygen atoms in total. The van der Waals surface area contributed by atoms with Gasteiger partial charge in [0.05, 0.1) is 12.0 Å². The zero-order valence-electron chi connectivity index (χ0n) is 8.67. The molecule has 0 amide bonds. The van der Waals surface area contributed by atoms with Crippen LogP contribution in [0, 0.1) is 11.3 Å². The standard InChI is InChI=1S/C13H11N3/c14-8-12(10-4-3-7-16-9-10)11-5-1-2-6-13(11)15/h1-7,9,12H,15H2. The van der Waals surface area contributed by atoms with E-state index in [4.69, 9.17) is 5.73 Å². The van der Waals surface area contributed by atoms with Crippen LogP contribution in [0.4, 0.5) is 5.69 Å². The number of hydrogen-bond acceptors (Lipinski definition) is 3. The van der Waals surface area contributed by atoms with Crippen LogP contribution >= 0.6 is 0 Å². The van der Waals surface area contributed by atoms with Gasteiger partial charge in [-0.3, -0.25) is 4.98 Å². The molecule has 2 rings (SSSR count). The van der Waals surface area contributed by atoms with Crippen molar-refractivity contribution in [3.05, 3.63) is 59.9 Å². The average Bonchev–Trinajstić information content (AvgIpc) is 2.34. The Balaban J connectivity index is 2.47. The second kappa shape index (κ2) is 4.45. The van der Waals surface area contributed by atoms with Crippen LogP contribution in [0.25, 0.3) is 0 Å². The summed E-state index contributed by atoms with van der Waals surface area (Å²) >= 11 is 0. The predicted octanol–water partition coefficient (Wildman–Crippen LogP) is 2.32. The zero-order chi connectivity index (χ0) is 11.4. The number of rotatable bonds is 2. The molecular formula is C13H11N3. The molecule has 0 radical (unpaired) electrons. The molecule has 0 spiro atoms. The number of aromatic nitrogens is 1. The highest BCUT2D eigenvalue weighted by molar-refractivity contribution is 5.53. The van der Waals surface area contributed by atoms with E-state index in [9.17, 15) is 5.26 Å². The van der Waals surface area contributed by atoms with Gasteiger partial charge in [0.25, 0.3) is 0 Å². The number of nitriles is 1. The fourth-order valence-corrected chi connectivity index (χ4v) is 1.64. The lowest BCUT2D eigenvalue weighted by atomic mass is 9.93. The van der Waals surface area contributed by atoms with Gasteiger partial charge in [-0.25, -0.2) is 0 Å². The normalized spacial score (nSPS) is 11.7. The minimum Gasteiger partial charge on any atom is -0.398 e. The Morgan fingerprint density at radius 2 is 2.00 bits per heavy atom. The van der Waals surface area contributed by atoms with Gasteiger partial charge < -0.3 is 5.73 Å². The molecule has 0 aliphatic carbocycles. The Hall–Kier alpha value is -2.34. The number of benzene rings is 1. The lowest BCUT2D eigenvalue weighted by molar-refractivity contribution is 1.02. The minimum atomic E-state index is -0.352. The highest BCUT2D eigenvalue weighted by atomic mass is 14.6. The van der Waals surface area contributed by atoms with Gasteiger partial charge in [-0.05, 0) is 23.3 Å². The van der Waals surface area contributed by atoms with E-state index in [-0.39, 0.29) is 5.92 Å². The van der Waals surface area contributed by atoms with Gasteiger partial charge in [-0.1, -0.05) is 24.3 Å². The molecule has 16 heavy (non-hydrogen) atoms. The van der Waals surface area contributed by atoms with Gasteiger partial charge in [-0.2, -0.15) is 5.26 Å². The Morgan fingerprint density at radius 3 is 2.62 bits per heavy atom. The van der Waals surface area contributed by atoms with E-state index in [1.54, 1.807) is 18.5 Å². The van der Waals surface area contributed by atoms with Crippen LogP contribution in [0.15, 0.2) is 48.8 Å². The highest BCUT2D eigenvalue weighted by Gasteiger charge is 2.15. The van der Waals surface area contributed by atoms with Crippen LogP contribution in [0.2, 0.25) is 0 Å². The largest absolute Gasteiger partial charge is 0.398 e. The van der Waals surface area contributed by atoms with Crippen molar-refractivity contribution in [2.24, 2.45) is 0 Å². The van der Waals surface area contributed by atoms with E-state index in [1.165, 1.54) is 0 Å². The van der Waals surface area contributed by atoms with Crippen LogP contribution in [0.3, 0.4) is 0 Å². The van der Waals surface area contributed by atoms with Gasteiger partial charge in [0, 0.05) is 18.1 Å². The van der Waals surface area contributed by atoms with Gasteiger partial charge >= 0.3 is 0 Å². The SMILES string of the molecule is N#CC(c1cccnc1)c1ccccc1N. The molecule has 1 unspecified atom stereocenters. The lowest BCUT2D eigenvalue weighted by Crippen LogP contribution is -2.02. The van der Waals surface area contributed by atoms with Crippen molar-refractivity contribution in [1.82, 2.24) is 4.98 Å². The van der Waals surface area contributed by atoms with Crippen molar-refractivity contribution in [3.8, 4) is 6.07 Å². The van der Waals surface area contributed by atoms with Crippen molar-refractivity contribution in [2.45, 2.75) is 5.92 Å². The molecule has 2 N–H and O–H groups in total. The maximum atomic E-state index is 9.22. The molecule has 1 aromatic carbocycles. The van der Waals surface area contributed by atoms with E-state index < -0.39 is 0 Å². The Labute approximate surface area is 94.2 Å². The summed E-state index contributed by atoms with van der Waals surface area (Å²) in [6.45, 7) is 0. The fourth-order valence-electron chi connectivity index (χ4n) is 1.64. The number of nitrogen functional groups attached to an aromatic ring is 1. The number of para-hydroxylation sites is 1. The number of nitrogens with zero attached hydrogens (tertiary/aromatic N) is 2. The van der Waals surface area contributed by atoms with Gasteiger partial charge in [0.1, 0.15) is 0 Å². The van der Waals surface area contributed by atoms with Gasteiger partial charge in [0.15, 0.2) is 0 Å². The Kier molecular flexibility index (Phi) is 2.84. The maximum Gasteiger partial charge on any atom is 0.0997 e. The molecule has 2 aromatic rings. The smallest absolute Gasteiger partial charge is 0.0997 e. The van der Waals surface area contributed by atoms with E-state index in [0.717, 1.165) is 11.1 Å². The summed E-state index contributed by atoms with van der Waals surface area (Å²) in [6.07, 6.45) is 3.38. The van der Waals surface area contributed by atoms with Crippen molar-refractivity contribution < 1.29 is 0 Å². The summed E-state index contributed by atoms with van der Waals surface area (Å²) in [6, 6.07) is 13.4. The molecular weight excluding hydrogens is 198 g/mol. The number of hydrogen-bond donors (Lipinski definition) is 1. The summed E-state index contributed by atoms with van der Waals surface area (Å²) in [5, 5.41) is 9.22. The summed E-state index contributed by atoms with van der Waals surface area (Å²) < 4.78 is 0. The summed E-state index contributed by atoms with van der Waals surface area (Å²) in [7, 11) is 0. The van der Waals surface area contributed by atoms with Crippen LogP contribution < -0.4 is 5.73 Å². The number of anilines is 1. The van der Waals surface area contributed by atoms with E-state index in [0.29, 0.717) is 5.69 Å². The van der Waals surface area contributed by atoms with Crippen LogP contribution in [0.5, 0.6) is 0 Å². The van der Waals surface area contributed by atoms with Gasteiger partial charge in [0.2, 0.25) is 0 Å². The zero-order valence-corrected chi connectivity index (χ0v) is 8.67. The monoisotopic (exact) mass is 209 g/mol. The second-order valence-corrected chi connectivity index (χ2v) is 3.48. The minimum absolute atomic E-state index is 0.352. The maximum absolute atomic E-state index is 9.22. The Morgan fingerprint density at radius 1 is 1.19 bits per heavy atom. The molecule has 0 aliphatic rings. The molecule has 0 saturated carbocycles. The highest BCUT2D eigenvalue weighted by Crippen LogP contribution is 2.27. The van der Waals surface area contributed by atoms with Crippen molar-refractivity contribution in [1.29, 1.82) is 5.26 Å². The fraction of sp³-hybridized carbons (Fsp3) is 0.0769. The van der Waals surface area contributed by atoms with E-state index in [1.807, 2.05) is 30.3 Å². The van der Waals surface area contributed by atoms with Crippen LogP contribution in [-0.2, 0) is 0 Å². The third-order valence-electron chi connectivity index (χ3n) is 2.45. The molecule has 3 heteroatoms. The average molecular weight is 209 g/mol. The molecule has 1 atom stereocenters. The molecule has 78 valence electrons. The summed E-state index contributed by atoms with van der Waals surface area (Å²) in [5.74, 6) is -0.352. The molecule has 0 bridgehead atoms. The first-order valence-corrected chi connectivity index (χ1v) is 4.97. The van der Waals surface area contributed by atoms with Crippen molar-refractivity contribution in [3.63, 3.8) is 0 Å². The van der Waals surface area contributed by atoms with Gasteiger partial charge in [-0.15, -0.1) is 0 Å². The quantitative estimate of drug-likeness (QED) is 0.772. The molecule has 1 heterocycles. The van der Waals surface area contributed by atoms with E-state index >= 15 is 0 Å². The summed E-state index contributed by atoms with van der Waals surface area (Å²) in [4.78, 5) is 4.02. The number of pyridine rings is 1. The topological polar surface area (TPSA) is 62.7 Å². The number of nitrogens with two attached hydrogens (primary N) is 1. The van der Waals surface area contributed by atoms with E-state index in [2.05, 4.69) is 11.1 Å². The molecule has 1 aromatic heterocycles. The first-order chi connectivity index (χ1) is 7.83. The predicted molar refractivity (Wildman–Crippen MR) is 62.5 cm³/mol. The van der Waals surface area contributed by atoms with Crippen molar-refractivity contribution in [2.75, 3.05) is 5.73 Å². The Bertz CT molecular complexity index is 514. The van der Waals surface area contributed by atoms with Crippen molar-refractivity contribution >= 4 is 5.69 Å². The first-order valence-electron chi connectivity index (χ1n) is 4.97. The molecule has 0 fully saturated rings. The van der Waals surface area contributed by atoms with Crippen LogP contribution in [-0.4, -0.2) is 4.98 Å². The summed E-state index contributed by atoms with van der Waals surface area (Å²) in [5.41, 5.74) is 8.20. The lowest BCUT2D eigenvalue weighted by Gasteiger charge is -2.11. The molecule has 0 aliphatic heterocycles. The third kappa shape index (κ3) is 1.86. The molecule has 0 saturated heterocycles. The second-order valence-electron chi connectivity index (χ2n) is 3.48.